The fraction of sp³-hybridized carbons (Fsp3) is 0.571. The molecule has 0 saturated heterocycles. The molecule has 0 aromatic carbocycles. The van der Waals surface area contributed by atoms with Crippen molar-refractivity contribution >= 4 is 17.6 Å². The summed E-state index contributed by atoms with van der Waals surface area (Å²) in [4.78, 5) is 20.4. The quantitative estimate of drug-likeness (QED) is 0.721. The average molecular weight is 263 g/mol. The normalized spacial score (nSPS) is 15.2. The maximum atomic E-state index is 12.2. The summed E-state index contributed by atoms with van der Waals surface area (Å²) < 4.78 is 5.44. The van der Waals surface area contributed by atoms with Gasteiger partial charge in [-0.15, -0.1) is 0 Å². The molecule has 1 amide bonds. The molecule has 0 atom stereocenters. The van der Waals surface area contributed by atoms with Gasteiger partial charge in [0.2, 0.25) is 0 Å². The number of likely N-dealkylation sites (N-methyl/N-ethyl adjacent to an activating group) is 1. The number of fused-ring (bicyclic) bond motifs is 1. The largest absolute Gasteiger partial charge is 0.443 e. The molecule has 0 saturated carbocycles. The number of aromatic nitrogens is 1. The van der Waals surface area contributed by atoms with Crippen LogP contribution in [0.1, 0.15) is 26.5 Å². The number of anilines is 2. The molecule has 104 valence electrons. The first-order valence-electron chi connectivity index (χ1n) is 6.47. The first-order chi connectivity index (χ1) is 8.78. The van der Waals surface area contributed by atoms with Crippen LogP contribution in [0.2, 0.25) is 0 Å². The summed E-state index contributed by atoms with van der Waals surface area (Å²) >= 11 is 0. The van der Waals surface area contributed by atoms with Crippen LogP contribution in [0.3, 0.4) is 0 Å². The number of ether oxygens (including phenoxy) is 1. The van der Waals surface area contributed by atoms with Crippen molar-refractivity contribution in [2.45, 2.75) is 33.3 Å². The molecule has 0 aliphatic carbocycles. The highest BCUT2D eigenvalue weighted by molar-refractivity contribution is 5.92. The summed E-state index contributed by atoms with van der Waals surface area (Å²) in [6, 6.07) is 3.95. The number of aryl methyl sites for hydroxylation is 1. The lowest BCUT2D eigenvalue weighted by atomic mass is 10.2. The summed E-state index contributed by atoms with van der Waals surface area (Å²) in [6.45, 7) is 8.89. The van der Waals surface area contributed by atoms with Crippen molar-refractivity contribution < 1.29 is 9.53 Å². The van der Waals surface area contributed by atoms with Crippen LogP contribution in [0.25, 0.3) is 0 Å². The van der Waals surface area contributed by atoms with E-state index in [2.05, 4.69) is 9.88 Å². The predicted octanol–water partition coefficient (Wildman–Crippen LogP) is 2.58. The number of pyridine rings is 1. The van der Waals surface area contributed by atoms with Crippen LogP contribution in [0.5, 0.6) is 0 Å². The Balaban J connectivity index is 2.32. The van der Waals surface area contributed by atoms with Crippen molar-refractivity contribution in [1.82, 2.24) is 4.98 Å². The van der Waals surface area contributed by atoms with Crippen LogP contribution in [0, 0.1) is 6.92 Å². The van der Waals surface area contributed by atoms with Gasteiger partial charge in [0.05, 0.1) is 5.69 Å². The van der Waals surface area contributed by atoms with Crippen LogP contribution in [-0.4, -0.2) is 36.8 Å². The molecular weight excluding hydrogens is 242 g/mol. The Morgan fingerprint density at radius 2 is 2.00 bits per heavy atom. The number of amides is 1. The summed E-state index contributed by atoms with van der Waals surface area (Å²) in [5.41, 5.74) is 1.36. The minimum Gasteiger partial charge on any atom is -0.443 e. The van der Waals surface area contributed by atoms with Gasteiger partial charge in [0.25, 0.3) is 0 Å². The fourth-order valence-electron chi connectivity index (χ4n) is 2.00. The zero-order chi connectivity index (χ0) is 14.2. The van der Waals surface area contributed by atoms with Gasteiger partial charge in [0.15, 0.2) is 5.82 Å². The summed E-state index contributed by atoms with van der Waals surface area (Å²) in [5.74, 6) is 0.683. The maximum Gasteiger partial charge on any atom is 0.416 e. The van der Waals surface area contributed by atoms with E-state index >= 15 is 0 Å². The Morgan fingerprint density at radius 1 is 1.32 bits per heavy atom. The Hall–Kier alpha value is -1.78. The van der Waals surface area contributed by atoms with Crippen LogP contribution in [0.15, 0.2) is 12.1 Å². The number of nitrogens with zero attached hydrogens (tertiary/aromatic N) is 3. The molecule has 0 unspecified atom stereocenters. The first-order valence-corrected chi connectivity index (χ1v) is 6.47. The van der Waals surface area contributed by atoms with Crippen LogP contribution in [0.4, 0.5) is 16.3 Å². The van der Waals surface area contributed by atoms with Gasteiger partial charge in [-0.05, 0) is 39.8 Å². The topological polar surface area (TPSA) is 45.7 Å². The Kier molecular flexibility index (Phi) is 3.39. The molecule has 0 bridgehead atoms. The highest BCUT2D eigenvalue weighted by Gasteiger charge is 2.30. The third-order valence-corrected chi connectivity index (χ3v) is 2.93. The monoisotopic (exact) mass is 263 g/mol. The molecule has 19 heavy (non-hydrogen) atoms. The summed E-state index contributed by atoms with van der Waals surface area (Å²) in [7, 11) is 2.00. The van der Waals surface area contributed by atoms with Gasteiger partial charge < -0.3 is 9.64 Å². The van der Waals surface area contributed by atoms with E-state index in [0.29, 0.717) is 12.4 Å². The second kappa shape index (κ2) is 4.72. The number of hydrogen-bond donors (Lipinski definition) is 0. The predicted molar refractivity (Wildman–Crippen MR) is 75.8 cm³/mol. The van der Waals surface area contributed by atoms with Gasteiger partial charge >= 0.3 is 6.09 Å². The van der Waals surface area contributed by atoms with E-state index in [1.54, 1.807) is 4.90 Å². The number of rotatable bonds is 0. The van der Waals surface area contributed by atoms with E-state index in [1.165, 1.54) is 0 Å². The van der Waals surface area contributed by atoms with E-state index in [0.717, 1.165) is 17.9 Å². The van der Waals surface area contributed by atoms with E-state index < -0.39 is 5.60 Å². The van der Waals surface area contributed by atoms with Crippen LogP contribution < -0.4 is 9.80 Å². The second-order valence-corrected chi connectivity index (χ2v) is 5.85. The van der Waals surface area contributed by atoms with E-state index in [4.69, 9.17) is 4.74 Å². The Morgan fingerprint density at radius 3 is 2.63 bits per heavy atom. The van der Waals surface area contributed by atoms with Crippen molar-refractivity contribution in [3.05, 3.63) is 17.8 Å². The number of carbonyl (C=O) groups is 1. The summed E-state index contributed by atoms with van der Waals surface area (Å²) in [6.07, 6.45) is -0.333. The molecular formula is C14H21N3O2. The number of carbonyl (C=O) groups excluding carboxylic acids is 1. The van der Waals surface area contributed by atoms with E-state index in [-0.39, 0.29) is 6.09 Å². The molecule has 0 spiro atoms. The van der Waals surface area contributed by atoms with Gasteiger partial charge in [-0.2, -0.15) is 0 Å². The van der Waals surface area contributed by atoms with Gasteiger partial charge in [-0.25, -0.2) is 9.78 Å². The van der Waals surface area contributed by atoms with Crippen molar-refractivity contribution in [2.75, 3.05) is 29.9 Å². The van der Waals surface area contributed by atoms with Crippen molar-refractivity contribution in [1.29, 1.82) is 0 Å². The van der Waals surface area contributed by atoms with Gasteiger partial charge in [0.1, 0.15) is 5.60 Å². The lowest BCUT2D eigenvalue weighted by Crippen LogP contribution is -2.45. The highest BCUT2D eigenvalue weighted by Crippen LogP contribution is 2.31. The summed E-state index contributed by atoms with van der Waals surface area (Å²) in [5, 5.41) is 0. The fourth-order valence-corrected chi connectivity index (χ4v) is 2.00. The van der Waals surface area contributed by atoms with Crippen LogP contribution >= 0.6 is 0 Å². The van der Waals surface area contributed by atoms with Crippen molar-refractivity contribution in [3.8, 4) is 0 Å². The number of hydrogen-bond acceptors (Lipinski definition) is 4. The molecule has 0 fully saturated rings. The van der Waals surface area contributed by atoms with Gasteiger partial charge in [-0.3, -0.25) is 4.90 Å². The standard InChI is InChI=1S/C14H21N3O2/c1-10-6-7-11-12(15-10)17(9-8-16(11)5)13(18)19-14(2,3)4/h6-7H,8-9H2,1-5H3. The Labute approximate surface area is 114 Å². The third-order valence-electron chi connectivity index (χ3n) is 2.93. The van der Waals surface area contributed by atoms with Crippen molar-refractivity contribution in [3.63, 3.8) is 0 Å². The highest BCUT2D eigenvalue weighted by atomic mass is 16.6. The average Bonchev–Trinajstić information content (AvgIpc) is 2.26. The Bertz CT molecular complexity index is 494. The smallest absolute Gasteiger partial charge is 0.416 e. The SMILES string of the molecule is Cc1ccc2c(n1)N(C(=O)OC(C)(C)C)CCN2C. The molecule has 0 N–H and O–H groups in total. The minimum atomic E-state index is -0.496. The van der Waals surface area contributed by atoms with Gasteiger partial charge in [0, 0.05) is 25.8 Å². The molecule has 1 aromatic heterocycles. The first kappa shape index (κ1) is 13.6. The molecule has 5 heteroatoms. The molecule has 1 aliphatic rings. The van der Waals surface area contributed by atoms with E-state index in [9.17, 15) is 4.79 Å². The zero-order valence-corrected chi connectivity index (χ0v) is 12.2. The zero-order valence-electron chi connectivity index (χ0n) is 12.2. The van der Waals surface area contributed by atoms with Crippen molar-refractivity contribution in [2.24, 2.45) is 0 Å². The maximum absolute atomic E-state index is 12.2. The molecule has 1 aliphatic heterocycles. The van der Waals surface area contributed by atoms with Crippen LogP contribution in [-0.2, 0) is 4.74 Å². The third kappa shape index (κ3) is 2.97. The molecule has 1 aromatic rings. The van der Waals surface area contributed by atoms with E-state index in [1.807, 2.05) is 46.9 Å². The molecule has 2 heterocycles. The molecule has 0 radical (unpaired) electrons. The molecule has 2 rings (SSSR count). The lowest BCUT2D eigenvalue weighted by molar-refractivity contribution is 0.0579. The lowest BCUT2D eigenvalue weighted by Gasteiger charge is -2.35. The second-order valence-electron chi connectivity index (χ2n) is 5.85. The molecule has 5 nitrogen and oxygen atoms in total. The minimum absolute atomic E-state index is 0.333. The van der Waals surface area contributed by atoms with Gasteiger partial charge in [-0.1, -0.05) is 0 Å².